The fraction of sp³-hybridized carbons (Fsp3) is 0.792. The maximum absolute atomic E-state index is 13.0. The van der Waals surface area contributed by atoms with Gasteiger partial charge in [-0.1, -0.05) is 58.3 Å². The van der Waals surface area contributed by atoms with Crippen molar-refractivity contribution in [2.24, 2.45) is 0 Å². The molecular weight excluding hydrogens is 456 g/mol. The third-order valence-corrected chi connectivity index (χ3v) is 6.35. The highest BCUT2D eigenvalue weighted by Crippen LogP contribution is 2.20. The number of aromatic nitrogens is 2. The van der Waals surface area contributed by atoms with Crippen LogP contribution in [0.1, 0.15) is 76.8 Å². The Morgan fingerprint density at radius 2 is 1.71 bits per heavy atom. The summed E-state index contributed by atoms with van der Waals surface area (Å²) in [4.78, 5) is 32.3. The van der Waals surface area contributed by atoms with Crippen LogP contribution in [0.25, 0.3) is 0 Å². The van der Waals surface area contributed by atoms with Crippen LogP contribution in [-0.2, 0) is 20.7 Å². The van der Waals surface area contributed by atoms with Crippen LogP contribution in [-0.4, -0.2) is 85.5 Å². The van der Waals surface area contributed by atoms with Crippen molar-refractivity contribution in [2.75, 3.05) is 6.61 Å². The Labute approximate surface area is 206 Å². The second kappa shape index (κ2) is 15.8. The number of carbonyl (C=O) groups excluding carboxylic acids is 2. The average Bonchev–Trinajstić information content (AvgIpc) is 3.35. The summed E-state index contributed by atoms with van der Waals surface area (Å²) >= 11 is 0. The largest absolute Gasteiger partial charge is 0.394 e. The first kappa shape index (κ1) is 29.2. The van der Waals surface area contributed by atoms with E-state index in [-0.39, 0.29) is 18.7 Å². The zero-order chi connectivity index (χ0) is 25.6. The van der Waals surface area contributed by atoms with E-state index in [0.717, 1.165) is 25.7 Å². The van der Waals surface area contributed by atoms with Gasteiger partial charge in [0, 0.05) is 24.7 Å². The van der Waals surface area contributed by atoms with E-state index in [0.29, 0.717) is 5.69 Å². The molecule has 7 N–H and O–H groups in total. The Kier molecular flexibility index (Phi) is 13.2. The predicted molar refractivity (Wildman–Crippen MR) is 128 cm³/mol. The zero-order valence-corrected chi connectivity index (χ0v) is 20.6. The first-order chi connectivity index (χ1) is 16.9. The van der Waals surface area contributed by atoms with E-state index in [2.05, 4.69) is 27.5 Å². The molecule has 1 aliphatic rings. The molecular formula is C24H42N4O7. The van der Waals surface area contributed by atoms with Crippen LogP contribution in [0.3, 0.4) is 0 Å². The molecule has 11 nitrogen and oxygen atoms in total. The number of ether oxygens (including phenoxy) is 1. The van der Waals surface area contributed by atoms with Crippen molar-refractivity contribution in [3.05, 3.63) is 18.2 Å². The topological polar surface area (TPSA) is 177 Å². The maximum atomic E-state index is 13.0. The average molecular weight is 499 g/mol. The molecule has 11 heteroatoms. The van der Waals surface area contributed by atoms with E-state index in [1.54, 1.807) is 0 Å². The van der Waals surface area contributed by atoms with Gasteiger partial charge in [-0.25, -0.2) is 4.98 Å². The predicted octanol–water partition coefficient (Wildman–Crippen LogP) is 0.274. The van der Waals surface area contributed by atoms with Crippen molar-refractivity contribution < 1.29 is 34.8 Å². The van der Waals surface area contributed by atoms with Gasteiger partial charge < -0.3 is 40.8 Å². The first-order valence-electron chi connectivity index (χ1n) is 12.7. The molecule has 0 aliphatic carbocycles. The number of carbonyl (C=O) groups is 2. The second-order valence-corrected chi connectivity index (χ2v) is 9.24. The molecule has 0 radical (unpaired) electrons. The van der Waals surface area contributed by atoms with Gasteiger partial charge in [0.1, 0.15) is 30.4 Å². The van der Waals surface area contributed by atoms with Crippen LogP contribution in [0, 0.1) is 0 Å². The van der Waals surface area contributed by atoms with Crippen LogP contribution >= 0.6 is 0 Å². The molecule has 1 aliphatic heterocycles. The van der Waals surface area contributed by atoms with E-state index < -0.39 is 49.2 Å². The molecule has 0 spiro atoms. The zero-order valence-electron chi connectivity index (χ0n) is 20.6. The highest BCUT2D eigenvalue weighted by atomic mass is 16.6. The number of aliphatic hydroxyl groups excluding tert-OH is 4. The van der Waals surface area contributed by atoms with Crippen molar-refractivity contribution >= 4 is 11.8 Å². The number of nitrogens with zero attached hydrogens (tertiary/aromatic N) is 1. The summed E-state index contributed by atoms with van der Waals surface area (Å²) in [6.07, 6.45) is 7.70. The van der Waals surface area contributed by atoms with Crippen LogP contribution in [0.4, 0.5) is 0 Å². The van der Waals surface area contributed by atoms with Gasteiger partial charge in [0.2, 0.25) is 11.8 Å². The quantitative estimate of drug-likeness (QED) is 0.159. The van der Waals surface area contributed by atoms with Crippen molar-refractivity contribution in [3.8, 4) is 0 Å². The van der Waals surface area contributed by atoms with E-state index in [1.807, 2.05) is 0 Å². The molecule has 1 aromatic heterocycles. The number of H-pyrrole nitrogens is 1. The molecule has 6 atom stereocenters. The molecule has 2 rings (SSSR count). The molecule has 1 saturated heterocycles. The van der Waals surface area contributed by atoms with Gasteiger partial charge in [0.25, 0.3) is 0 Å². The van der Waals surface area contributed by atoms with Gasteiger partial charge >= 0.3 is 0 Å². The van der Waals surface area contributed by atoms with Gasteiger partial charge in [-0.15, -0.1) is 0 Å². The molecule has 0 aromatic carbocycles. The van der Waals surface area contributed by atoms with Crippen LogP contribution in [0.2, 0.25) is 0 Å². The third-order valence-electron chi connectivity index (χ3n) is 6.35. The lowest BCUT2D eigenvalue weighted by Crippen LogP contribution is -2.65. The number of unbranched alkanes of at least 4 members (excludes halogenated alkanes) is 8. The smallest absolute Gasteiger partial charge is 0.243 e. The summed E-state index contributed by atoms with van der Waals surface area (Å²) in [6.45, 7) is 1.59. The Balaban J connectivity index is 1.84. The minimum absolute atomic E-state index is 0.122. The summed E-state index contributed by atoms with van der Waals surface area (Å²) in [5, 5.41) is 44.9. The van der Waals surface area contributed by atoms with E-state index in [4.69, 9.17) is 4.74 Å². The standard InChI is InChI=1S/C24H42N4O7/c1-2-3-4-5-6-7-8-9-10-11-19(30)27-17(12-16-13-25-15-26-16)23(33)28-20-22(32)21(31)18(14-29)35-24(20)34/h13,15,17-18,20-22,24,29,31-32,34H,2-12,14H2,1H3,(H,25,26)(H,27,30)(H,28,33)/t17-,18+,20+,21+,22+,24+/m0/s1. The second-order valence-electron chi connectivity index (χ2n) is 9.24. The minimum atomic E-state index is -1.64. The molecule has 0 unspecified atom stereocenters. The fourth-order valence-corrected chi connectivity index (χ4v) is 4.21. The van der Waals surface area contributed by atoms with E-state index in [9.17, 15) is 30.0 Å². The van der Waals surface area contributed by atoms with Gasteiger partial charge in [0.15, 0.2) is 6.29 Å². The molecule has 0 saturated carbocycles. The lowest BCUT2D eigenvalue weighted by atomic mass is 9.96. The van der Waals surface area contributed by atoms with E-state index in [1.165, 1.54) is 44.6 Å². The van der Waals surface area contributed by atoms with Gasteiger partial charge in [-0.3, -0.25) is 9.59 Å². The normalized spacial score (nSPS) is 25.2. The molecule has 200 valence electrons. The number of aromatic amines is 1. The number of imidazole rings is 1. The van der Waals surface area contributed by atoms with Gasteiger partial charge in [-0.2, -0.15) is 0 Å². The Morgan fingerprint density at radius 3 is 2.31 bits per heavy atom. The highest BCUT2D eigenvalue weighted by molar-refractivity contribution is 5.88. The van der Waals surface area contributed by atoms with Crippen LogP contribution < -0.4 is 10.6 Å². The molecule has 0 bridgehead atoms. The van der Waals surface area contributed by atoms with Gasteiger partial charge in [-0.05, 0) is 6.42 Å². The van der Waals surface area contributed by atoms with Crippen molar-refractivity contribution in [1.29, 1.82) is 0 Å². The lowest BCUT2D eigenvalue weighted by molar-refractivity contribution is -0.254. The molecule has 2 amide bonds. The summed E-state index contributed by atoms with van der Waals surface area (Å²) in [7, 11) is 0. The third kappa shape index (κ3) is 9.85. The SMILES string of the molecule is CCCCCCCCCCCC(=O)N[C@@H](Cc1cnc[nH]1)C(=O)N[C@@H]1[C@@H](O)[C@H](O)[C@@H](CO)O[C@H]1O. The molecule has 35 heavy (non-hydrogen) atoms. The summed E-state index contributed by atoms with van der Waals surface area (Å²) < 4.78 is 5.09. The monoisotopic (exact) mass is 498 g/mol. The molecule has 2 heterocycles. The van der Waals surface area contributed by atoms with Crippen molar-refractivity contribution in [1.82, 2.24) is 20.6 Å². The number of nitrogens with one attached hydrogen (secondary N) is 3. The molecule has 1 fully saturated rings. The van der Waals surface area contributed by atoms with Crippen molar-refractivity contribution in [2.45, 2.75) is 114 Å². The van der Waals surface area contributed by atoms with Crippen LogP contribution in [0.15, 0.2) is 12.5 Å². The number of hydrogen-bond acceptors (Lipinski definition) is 8. The number of hydrogen-bond donors (Lipinski definition) is 7. The Hall–Kier alpha value is -2.05. The minimum Gasteiger partial charge on any atom is -0.394 e. The van der Waals surface area contributed by atoms with Crippen molar-refractivity contribution in [3.63, 3.8) is 0 Å². The Bertz CT molecular complexity index is 733. The summed E-state index contributed by atoms with van der Waals surface area (Å²) in [5.41, 5.74) is 0.620. The van der Waals surface area contributed by atoms with Gasteiger partial charge in [0.05, 0.1) is 12.9 Å². The lowest BCUT2D eigenvalue weighted by Gasteiger charge is -2.40. The fourth-order valence-electron chi connectivity index (χ4n) is 4.21. The number of amides is 2. The Morgan fingerprint density at radius 1 is 1.06 bits per heavy atom. The molecule has 1 aromatic rings. The number of rotatable bonds is 16. The first-order valence-corrected chi connectivity index (χ1v) is 12.7. The highest BCUT2D eigenvalue weighted by Gasteiger charge is 2.44. The van der Waals surface area contributed by atoms with Crippen LogP contribution in [0.5, 0.6) is 0 Å². The summed E-state index contributed by atoms with van der Waals surface area (Å²) in [6, 6.07) is -2.33. The number of aliphatic hydroxyl groups is 4. The maximum Gasteiger partial charge on any atom is 0.243 e. The summed E-state index contributed by atoms with van der Waals surface area (Å²) in [5.74, 6) is -0.921. The van der Waals surface area contributed by atoms with E-state index >= 15 is 0 Å².